The number of likely N-dealkylation sites (tertiary alicyclic amines) is 1. The van der Waals surface area contributed by atoms with Crippen molar-refractivity contribution in [3.63, 3.8) is 0 Å². The predicted octanol–water partition coefficient (Wildman–Crippen LogP) is 1.31. The molecule has 158 valence electrons. The van der Waals surface area contributed by atoms with Gasteiger partial charge in [-0.3, -0.25) is 14.4 Å². The van der Waals surface area contributed by atoms with Crippen molar-refractivity contribution in [2.45, 2.75) is 58.2 Å². The molecule has 0 aromatic heterocycles. The van der Waals surface area contributed by atoms with Gasteiger partial charge < -0.3 is 20.3 Å². The molecule has 1 aliphatic rings. The Balaban J connectivity index is 2.12. The van der Waals surface area contributed by atoms with Gasteiger partial charge in [0.1, 0.15) is 11.6 Å². The highest BCUT2D eigenvalue weighted by atomic mass is 16.6. The Morgan fingerprint density at radius 3 is 2.41 bits per heavy atom. The van der Waals surface area contributed by atoms with E-state index in [0.717, 1.165) is 0 Å². The molecule has 8 nitrogen and oxygen atoms in total. The molecule has 1 aromatic rings. The second-order valence-corrected chi connectivity index (χ2v) is 7.92. The Morgan fingerprint density at radius 2 is 1.83 bits per heavy atom. The molecule has 3 amide bonds. The fourth-order valence-corrected chi connectivity index (χ4v) is 3.08. The molecule has 1 aromatic carbocycles. The quantitative estimate of drug-likeness (QED) is 0.668. The number of benzene rings is 1. The summed E-state index contributed by atoms with van der Waals surface area (Å²) in [6, 6.07) is 7.34. The van der Waals surface area contributed by atoms with Gasteiger partial charge in [0.25, 0.3) is 0 Å². The number of nitrogens with one attached hydrogen (secondary N) is 2. The highest BCUT2D eigenvalue weighted by Gasteiger charge is 2.41. The number of amides is 3. The molecular weight excluding hydrogens is 374 g/mol. The van der Waals surface area contributed by atoms with Crippen molar-refractivity contribution in [2.24, 2.45) is 0 Å². The minimum Gasteiger partial charge on any atom is -0.458 e. The van der Waals surface area contributed by atoms with E-state index in [2.05, 4.69) is 10.6 Å². The van der Waals surface area contributed by atoms with Gasteiger partial charge in [-0.1, -0.05) is 37.3 Å². The SMILES string of the molecule is CCC(=O)NCC(=O)N[C@@H]1CCN([C@H](C(=O)OC(C)(C)C)c2ccccc2)C1=O. The van der Waals surface area contributed by atoms with Crippen LogP contribution < -0.4 is 10.6 Å². The van der Waals surface area contributed by atoms with E-state index in [1.165, 1.54) is 4.90 Å². The molecule has 0 radical (unpaired) electrons. The average molecular weight is 403 g/mol. The number of carbonyl (C=O) groups is 4. The van der Waals surface area contributed by atoms with Gasteiger partial charge in [-0.25, -0.2) is 4.79 Å². The highest BCUT2D eigenvalue weighted by molar-refractivity contribution is 5.93. The van der Waals surface area contributed by atoms with Gasteiger partial charge in [0.15, 0.2) is 6.04 Å². The molecule has 0 aliphatic carbocycles. The van der Waals surface area contributed by atoms with Gasteiger partial charge in [-0.15, -0.1) is 0 Å². The average Bonchev–Trinajstić information content (AvgIpc) is 3.00. The summed E-state index contributed by atoms with van der Waals surface area (Å²) in [5, 5.41) is 5.11. The largest absolute Gasteiger partial charge is 0.458 e. The molecule has 1 saturated heterocycles. The zero-order valence-electron chi connectivity index (χ0n) is 17.4. The summed E-state index contributed by atoms with van der Waals surface area (Å²) in [5.41, 5.74) is -0.0462. The van der Waals surface area contributed by atoms with Crippen molar-refractivity contribution in [1.82, 2.24) is 15.5 Å². The first-order valence-electron chi connectivity index (χ1n) is 9.76. The topological polar surface area (TPSA) is 105 Å². The van der Waals surface area contributed by atoms with E-state index >= 15 is 0 Å². The van der Waals surface area contributed by atoms with Gasteiger partial charge in [-0.05, 0) is 32.8 Å². The Kier molecular flexibility index (Phi) is 7.36. The fourth-order valence-electron chi connectivity index (χ4n) is 3.08. The number of esters is 1. The standard InChI is InChI=1S/C21H29N3O5/c1-5-16(25)22-13-17(26)23-15-11-12-24(19(15)27)18(14-9-7-6-8-10-14)20(28)29-21(2,3)4/h6-10,15,18H,5,11-13H2,1-4H3,(H,22,25)(H,23,26)/t15-,18+/m1/s1. The molecule has 29 heavy (non-hydrogen) atoms. The van der Waals surface area contributed by atoms with E-state index in [0.29, 0.717) is 18.5 Å². The molecule has 0 unspecified atom stereocenters. The smallest absolute Gasteiger partial charge is 0.334 e. The molecule has 0 saturated carbocycles. The van der Waals surface area contributed by atoms with Gasteiger partial charge >= 0.3 is 5.97 Å². The van der Waals surface area contributed by atoms with Crippen LogP contribution in [0, 0.1) is 0 Å². The van der Waals surface area contributed by atoms with Crippen LogP contribution in [0.15, 0.2) is 30.3 Å². The maximum absolute atomic E-state index is 12.9. The zero-order valence-corrected chi connectivity index (χ0v) is 17.4. The Hall–Kier alpha value is -2.90. The molecule has 0 bridgehead atoms. The predicted molar refractivity (Wildman–Crippen MR) is 107 cm³/mol. The van der Waals surface area contributed by atoms with Gasteiger partial charge in [-0.2, -0.15) is 0 Å². The van der Waals surface area contributed by atoms with Gasteiger partial charge in [0.05, 0.1) is 6.54 Å². The van der Waals surface area contributed by atoms with Gasteiger partial charge in [0.2, 0.25) is 17.7 Å². The first kappa shape index (κ1) is 22.4. The fraction of sp³-hybridized carbons (Fsp3) is 0.524. The normalized spacial score (nSPS) is 17.6. The van der Waals surface area contributed by atoms with E-state index in [4.69, 9.17) is 4.74 Å². The molecule has 1 fully saturated rings. The van der Waals surface area contributed by atoms with Crippen LogP contribution in [-0.2, 0) is 23.9 Å². The third-order valence-corrected chi connectivity index (χ3v) is 4.40. The monoisotopic (exact) mass is 403 g/mol. The van der Waals surface area contributed by atoms with Crippen molar-refractivity contribution in [3.8, 4) is 0 Å². The molecule has 1 aliphatic heterocycles. The lowest BCUT2D eigenvalue weighted by molar-refractivity contribution is -0.164. The molecule has 2 atom stereocenters. The summed E-state index contributed by atoms with van der Waals surface area (Å²) < 4.78 is 5.54. The lowest BCUT2D eigenvalue weighted by atomic mass is 10.0. The minimum absolute atomic E-state index is 0.190. The Morgan fingerprint density at radius 1 is 1.17 bits per heavy atom. The number of carbonyl (C=O) groups excluding carboxylic acids is 4. The molecule has 1 heterocycles. The summed E-state index contributed by atoms with van der Waals surface area (Å²) in [6.07, 6.45) is 0.649. The number of nitrogens with zero attached hydrogens (tertiary/aromatic N) is 1. The minimum atomic E-state index is -0.885. The van der Waals surface area contributed by atoms with Crippen LogP contribution in [0.1, 0.15) is 52.1 Å². The maximum Gasteiger partial charge on any atom is 0.334 e. The van der Waals surface area contributed by atoms with E-state index < -0.39 is 29.6 Å². The second-order valence-electron chi connectivity index (χ2n) is 7.92. The summed E-state index contributed by atoms with van der Waals surface area (Å²) in [6.45, 7) is 7.12. The Labute approximate surface area is 171 Å². The lowest BCUT2D eigenvalue weighted by Gasteiger charge is -2.30. The highest BCUT2D eigenvalue weighted by Crippen LogP contribution is 2.29. The first-order valence-corrected chi connectivity index (χ1v) is 9.76. The van der Waals surface area contributed by atoms with E-state index in [9.17, 15) is 19.2 Å². The summed E-state index contributed by atoms with van der Waals surface area (Å²) in [4.78, 5) is 50.6. The van der Waals surface area contributed by atoms with E-state index in [1.54, 1.807) is 52.0 Å². The van der Waals surface area contributed by atoms with Crippen LogP contribution in [0.3, 0.4) is 0 Å². The maximum atomic E-state index is 12.9. The van der Waals surface area contributed by atoms with Crippen LogP contribution in [0.25, 0.3) is 0 Å². The third kappa shape index (κ3) is 6.30. The molecule has 0 spiro atoms. The lowest BCUT2D eigenvalue weighted by Crippen LogP contribution is -2.47. The van der Waals surface area contributed by atoms with Crippen molar-refractivity contribution >= 4 is 23.7 Å². The number of rotatable bonds is 7. The summed E-state index contributed by atoms with van der Waals surface area (Å²) >= 11 is 0. The molecule has 2 N–H and O–H groups in total. The van der Waals surface area contributed by atoms with E-state index in [1.807, 2.05) is 6.07 Å². The van der Waals surface area contributed by atoms with E-state index in [-0.39, 0.29) is 24.8 Å². The van der Waals surface area contributed by atoms with Crippen LogP contribution in [0.2, 0.25) is 0 Å². The molecular formula is C21H29N3O5. The van der Waals surface area contributed by atoms with Crippen LogP contribution in [-0.4, -0.2) is 53.3 Å². The third-order valence-electron chi connectivity index (χ3n) is 4.40. The summed E-state index contributed by atoms with van der Waals surface area (Å²) in [7, 11) is 0. The number of hydrogen-bond acceptors (Lipinski definition) is 5. The van der Waals surface area contributed by atoms with Crippen LogP contribution in [0.4, 0.5) is 0 Å². The first-order chi connectivity index (χ1) is 13.6. The molecule has 2 rings (SSSR count). The van der Waals surface area contributed by atoms with Crippen molar-refractivity contribution in [1.29, 1.82) is 0 Å². The Bertz CT molecular complexity index is 757. The van der Waals surface area contributed by atoms with Crippen LogP contribution in [0.5, 0.6) is 0 Å². The zero-order chi connectivity index (χ0) is 21.6. The number of ether oxygens (including phenoxy) is 1. The van der Waals surface area contributed by atoms with Crippen molar-refractivity contribution < 1.29 is 23.9 Å². The second kappa shape index (κ2) is 9.54. The van der Waals surface area contributed by atoms with Crippen molar-refractivity contribution in [3.05, 3.63) is 35.9 Å². The summed E-state index contributed by atoms with van der Waals surface area (Å²) in [5.74, 6) is -1.55. The number of hydrogen-bond donors (Lipinski definition) is 2. The van der Waals surface area contributed by atoms with Crippen molar-refractivity contribution in [2.75, 3.05) is 13.1 Å². The van der Waals surface area contributed by atoms with Crippen LogP contribution >= 0.6 is 0 Å². The molecule has 8 heteroatoms. The van der Waals surface area contributed by atoms with Gasteiger partial charge in [0, 0.05) is 13.0 Å².